The van der Waals surface area contributed by atoms with Gasteiger partial charge in [-0.1, -0.05) is 59.8 Å². The van der Waals surface area contributed by atoms with Gasteiger partial charge in [-0.2, -0.15) is 0 Å². The van der Waals surface area contributed by atoms with Crippen LogP contribution < -0.4 is 5.32 Å². The predicted octanol–water partition coefficient (Wildman–Crippen LogP) is 3.32. The zero-order valence-corrected chi connectivity index (χ0v) is 12.4. The van der Waals surface area contributed by atoms with Crippen LogP contribution in [0.4, 0.5) is 4.79 Å². The molecule has 2 aromatic rings. The molecule has 0 unspecified atom stereocenters. The van der Waals surface area contributed by atoms with Crippen molar-refractivity contribution in [2.24, 2.45) is 0 Å². The number of alkyl carbamates (subject to hydrolysis) is 1. The van der Waals surface area contributed by atoms with Crippen LogP contribution in [0.3, 0.4) is 0 Å². The van der Waals surface area contributed by atoms with E-state index in [2.05, 4.69) is 17.2 Å². The third-order valence-corrected chi connectivity index (χ3v) is 3.13. The van der Waals surface area contributed by atoms with E-state index in [0.717, 1.165) is 5.56 Å². The number of nitrogens with one attached hydrogen (secondary N) is 1. The Labute approximate surface area is 133 Å². The molecule has 2 N–H and O–H groups in total. The van der Waals surface area contributed by atoms with Crippen LogP contribution in [0.5, 0.6) is 5.75 Å². The fourth-order valence-corrected chi connectivity index (χ4v) is 1.82. The van der Waals surface area contributed by atoms with Crippen molar-refractivity contribution in [3.8, 4) is 17.6 Å². The number of rotatable bonds is 3. The fourth-order valence-electron chi connectivity index (χ4n) is 1.65. The van der Waals surface area contributed by atoms with Gasteiger partial charge >= 0.3 is 6.09 Å². The highest BCUT2D eigenvalue weighted by Gasteiger charge is 2.02. The average Bonchev–Trinajstić information content (AvgIpc) is 2.54. The molecule has 0 bridgehead atoms. The molecule has 0 spiro atoms. The van der Waals surface area contributed by atoms with Gasteiger partial charge in [0.25, 0.3) is 0 Å². The summed E-state index contributed by atoms with van der Waals surface area (Å²) in [5.41, 5.74) is 1.41. The Morgan fingerprint density at radius 2 is 1.95 bits per heavy atom. The van der Waals surface area contributed by atoms with E-state index in [-0.39, 0.29) is 23.9 Å². The molecule has 0 radical (unpaired) electrons. The summed E-state index contributed by atoms with van der Waals surface area (Å²) in [7, 11) is 0. The van der Waals surface area contributed by atoms with Crippen LogP contribution in [0.25, 0.3) is 0 Å². The van der Waals surface area contributed by atoms with Crippen LogP contribution in [-0.2, 0) is 11.3 Å². The van der Waals surface area contributed by atoms with Gasteiger partial charge in [0.15, 0.2) is 0 Å². The summed E-state index contributed by atoms with van der Waals surface area (Å²) in [5.74, 6) is 5.49. The Kier molecular flexibility index (Phi) is 5.70. The summed E-state index contributed by atoms with van der Waals surface area (Å²) < 4.78 is 5.04. The normalized spacial score (nSPS) is 9.50. The first-order valence-electron chi connectivity index (χ1n) is 6.57. The third kappa shape index (κ3) is 4.72. The van der Waals surface area contributed by atoms with E-state index in [1.807, 2.05) is 30.3 Å². The number of ether oxygens (including phenoxy) is 1. The first kappa shape index (κ1) is 15.7. The van der Waals surface area contributed by atoms with Gasteiger partial charge in [0.05, 0.1) is 11.6 Å². The van der Waals surface area contributed by atoms with Gasteiger partial charge in [-0.25, -0.2) is 4.79 Å². The summed E-state index contributed by atoms with van der Waals surface area (Å²) in [6.07, 6.45) is -0.542. The van der Waals surface area contributed by atoms with Crippen LogP contribution >= 0.6 is 11.6 Å². The van der Waals surface area contributed by atoms with Crippen LogP contribution in [0.15, 0.2) is 48.5 Å². The Morgan fingerprint density at radius 1 is 1.18 bits per heavy atom. The highest BCUT2D eigenvalue weighted by molar-refractivity contribution is 6.33. The smallest absolute Gasteiger partial charge is 0.408 e. The van der Waals surface area contributed by atoms with Gasteiger partial charge in [-0.15, -0.1) is 0 Å². The minimum absolute atomic E-state index is 0.0244. The predicted molar refractivity (Wildman–Crippen MR) is 84.6 cm³/mol. The number of phenolic OH excluding ortho intramolecular Hbond substituents is 1. The molecule has 0 saturated heterocycles. The lowest BCUT2D eigenvalue weighted by Crippen LogP contribution is -2.24. The molecule has 0 heterocycles. The summed E-state index contributed by atoms with van der Waals surface area (Å²) in [4.78, 5) is 11.5. The number of carbonyl (C=O) groups excluding carboxylic acids is 1. The van der Waals surface area contributed by atoms with Crippen molar-refractivity contribution >= 4 is 17.7 Å². The molecule has 0 aliphatic carbocycles. The maximum Gasteiger partial charge on any atom is 0.408 e. The van der Waals surface area contributed by atoms with Crippen molar-refractivity contribution in [2.45, 2.75) is 6.61 Å². The third-order valence-electron chi connectivity index (χ3n) is 2.74. The molecule has 0 aliphatic heterocycles. The van der Waals surface area contributed by atoms with Crippen molar-refractivity contribution < 1.29 is 14.6 Å². The number of phenols is 1. The molecule has 0 aliphatic rings. The van der Waals surface area contributed by atoms with E-state index >= 15 is 0 Å². The van der Waals surface area contributed by atoms with Gasteiger partial charge in [0.2, 0.25) is 0 Å². The second-order valence-electron chi connectivity index (χ2n) is 4.36. The molecule has 2 aromatic carbocycles. The first-order chi connectivity index (χ1) is 10.7. The molecular weight excluding hydrogens is 302 g/mol. The van der Waals surface area contributed by atoms with E-state index in [9.17, 15) is 9.90 Å². The van der Waals surface area contributed by atoms with Gasteiger partial charge in [0.1, 0.15) is 12.4 Å². The van der Waals surface area contributed by atoms with Crippen molar-refractivity contribution in [3.63, 3.8) is 0 Å². The monoisotopic (exact) mass is 315 g/mol. The molecule has 1 amide bonds. The van der Waals surface area contributed by atoms with Crippen LogP contribution in [-0.4, -0.2) is 17.7 Å². The molecule has 112 valence electrons. The van der Waals surface area contributed by atoms with Crippen LogP contribution in [0, 0.1) is 11.8 Å². The SMILES string of the molecule is O=C(NCC#Cc1cccc(O)c1Cl)OCc1ccccc1. The Balaban J connectivity index is 1.78. The Morgan fingerprint density at radius 3 is 2.73 bits per heavy atom. The molecule has 0 saturated carbocycles. The van der Waals surface area contributed by atoms with Crippen molar-refractivity contribution in [1.29, 1.82) is 0 Å². The number of halogens is 1. The Bertz CT molecular complexity index is 705. The molecule has 0 fully saturated rings. The summed E-state index contributed by atoms with van der Waals surface area (Å²) >= 11 is 5.89. The minimum Gasteiger partial charge on any atom is -0.506 e. The van der Waals surface area contributed by atoms with Crippen LogP contribution in [0.2, 0.25) is 5.02 Å². The fraction of sp³-hybridized carbons (Fsp3) is 0.118. The van der Waals surface area contributed by atoms with Crippen molar-refractivity contribution in [2.75, 3.05) is 6.54 Å². The van der Waals surface area contributed by atoms with E-state index in [1.54, 1.807) is 12.1 Å². The number of hydrogen-bond donors (Lipinski definition) is 2. The second kappa shape index (κ2) is 7.96. The zero-order chi connectivity index (χ0) is 15.8. The van der Waals surface area contributed by atoms with Gasteiger partial charge < -0.3 is 15.2 Å². The van der Waals surface area contributed by atoms with Gasteiger partial charge in [-0.3, -0.25) is 0 Å². The quantitative estimate of drug-likeness (QED) is 0.854. The van der Waals surface area contributed by atoms with Crippen LogP contribution in [0.1, 0.15) is 11.1 Å². The van der Waals surface area contributed by atoms with E-state index < -0.39 is 6.09 Å². The molecular formula is C17H14ClNO3. The maximum absolute atomic E-state index is 11.5. The number of aromatic hydroxyl groups is 1. The standard InChI is InChI=1S/C17H14ClNO3/c18-16-14(8-4-10-15(16)20)9-5-11-19-17(21)22-12-13-6-2-1-3-7-13/h1-4,6-8,10,20H,11-12H2,(H,19,21). The lowest BCUT2D eigenvalue weighted by molar-refractivity contribution is 0.141. The molecule has 5 heteroatoms. The number of hydrogen-bond acceptors (Lipinski definition) is 3. The second-order valence-corrected chi connectivity index (χ2v) is 4.73. The number of benzene rings is 2. The minimum atomic E-state index is -0.542. The van der Waals surface area contributed by atoms with E-state index in [1.165, 1.54) is 6.07 Å². The maximum atomic E-state index is 11.5. The molecule has 0 aromatic heterocycles. The van der Waals surface area contributed by atoms with Crippen molar-refractivity contribution in [3.05, 3.63) is 64.7 Å². The van der Waals surface area contributed by atoms with E-state index in [0.29, 0.717) is 5.56 Å². The first-order valence-corrected chi connectivity index (χ1v) is 6.95. The summed E-state index contributed by atoms with van der Waals surface area (Å²) in [5, 5.41) is 12.1. The summed E-state index contributed by atoms with van der Waals surface area (Å²) in [6, 6.07) is 14.2. The summed E-state index contributed by atoms with van der Waals surface area (Å²) in [6.45, 7) is 0.331. The number of carbonyl (C=O) groups is 1. The number of amides is 1. The lowest BCUT2D eigenvalue weighted by Gasteiger charge is -2.04. The van der Waals surface area contributed by atoms with Crippen molar-refractivity contribution in [1.82, 2.24) is 5.32 Å². The topological polar surface area (TPSA) is 58.6 Å². The van der Waals surface area contributed by atoms with Gasteiger partial charge in [-0.05, 0) is 17.7 Å². The lowest BCUT2D eigenvalue weighted by atomic mass is 10.2. The largest absolute Gasteiger partial charge is 0.506 e. The molecule has 2 rings (SSSR count). The molecule has 4 nitrogen and oxygen atoms in total. The molecule has 22 heavy (non-hydrogen) atoms. The highest BCUT2D eigenvalue weighted by Crippen LogP contribution is 2.25. The average molecular weight is 316 g/mol. The van der Waals surface area contributed by atoms with E-state index in [4.69, 9.17) is 16.3 Å². The van der Waals surface area contributed by atoms with Gasteiger partial charge in [0, 0.05) is 5.56 Å². The Hall–Kier alpha value is -2.64. The molecule has 0 atom stereocenters. The zero-order valence-electron chi connectivity index (χ0n) is 11.7. The highest BCUT2D eigenvalue weighted by atomic mass is 35.5.